The van der Waals surface area contributed by atoms with E-state index in [-0.39, 0.29) is 37.2 Å². The van der Waals surface area contributed by atoms with Gasteiger partial charge in [-0.25, -0.2) is 4.98 Å². The molecule has 3 aromatic rings. The van der Waals surface area contributed by atoms with Crippen LogP contribution in [-0.2, 0) is 20.9 Å². The second-order valence-corrected chi connectivity index (χ2v) is 11.2. The number of rotatable bonds is 12. The lowest BCUT2D eigenvalue weighted by Crippen LogP contribution is -2.48. The smallest absolute Gasteiger partial charge is 0.243 e. The number of aryl methyl sites for hydroxylation is 2. The summed E-state index contributed by atoms with van der Waals surface area (Å²) in [5.74, 6) is -0.169. The molecule has 216 valence electrons. The molecular weight excluding hydrogens is 532 g/mol. The first-order valence-corrected chi connectivity index (χ1v) is 14.5. The summed E-state index contributed by atoms with van der Waals surface area (Å²) in [6, 6.07) is 6.82. The van der Waals surface area contributed by atoms with Crippen molar-refractivity contribution in [1.82, 2.24) is 20.4 Å². The molecule has 3 heterocycles. The van der Waals surface area contributed by atoms with Crippen molar-refractivity contribution < 1.29 is 28.7 Å². The third-order valence-corrected chi connectivity index (χ3v) is 7.95. The van der Waals surface area contributed by atoms with Crippen molar-refractivity contribution >= 4 is 23.2 Å². The maximum atomic E-state index is 13.6. The molecule has 1 aliphatic rings. The number of carbonyl (C=O) groups is 2. The Hall–Kier alpha value is -3.28. The molecule has 0 aliphatic carbocycles. The van der Waals surface area contributed by atoms with Crippen molar-refractivity contribution in [2.45, 2.75) is 65.6 Å². The molecule has 10 nitrogen and oxygen atoms in total. The number of amides is 2. The van der Waals surface area contributed by atoms with Gasteiger partial charge in [0, 0.05) is 37.7 Å². The average Bonchev–Trinajstić information content (AvgIpc) is 3.65. The number of nitrogens with zero attached hydrogens (tertiary/aromatic N) is 3. The van der Waals surface area contributed by atoms with Crippen LogP contribution in [0.3, 0.4) is 0 Å². The van der Waals surface area contributed by atoms with Crippen LogP contribution in [0, 0.1) is 19.8 Å². The van der Waals surface area contributed by atoms with Crippen molar-refractivity contribution in [1.29, 1.82) is 0 Å². The van der Waals surface area contributed by atoms with Gasteiger partial charge in [-0.05, 0) is 38.3 Å². The zero-order valence-corrected chi connectivity index (χ0v) is 24.5. The molecule has 11 heteroatoms. The molecule has 40 heavy (non-hydrogen) atoms. The fraction of sp³-hybridized carbons (Fsp3) is 0.517. The Kier molecular flexibility index (Phi) is 9.94. The molecule has 2 aromatic heterocycles. The van der Waals surface area contributed by atoms with Gasteiger partial charge >= 0.3 is 0 Å². The summed E-state index contributed by atoms with van der Waals surface area (Å²) in [5, 5.41) is 17.3. The molecule has 0 spiro atoms. The average molecular weight is 571 g/mol. The van der Waals surface area contributed by atoms with Crippen LogP contribution in [0.5, 0.6) is 5.75 Å². The van der Waals surface area contributed by atoms with E-state index in [0.29, 0.717) is 37.0 Å². The number of aliphatic hydroxyl groups is 1. The minimum Gasteiger partial charge on any atom is -0.491 e. The number of likely N-dealkylation sites (tertiary alicyclic amines) is 1. The summed E-state index contributed by atoms with van der Waals surface area (Å²) in [4.78, 5) is 33.9. The van der Waals surface area contributed by atoms with Gasteiger partial charge in [0.25, 0.3) is 0 Å². The first-order chi connectivity index (χ1) is 19.2. The van der Waals surface area contributed by atoms with E-state index < -0.39 is 18.1 Å². The molecule has 1 saturated heterocycles. The van der Waals surface area contributed by atoms with Crippen LogP contribution >= 0.6 is 11.3 Å². The second kappa shape index (κ2) is 13.4. The fourth-order valence-corrected chi connectivity index (χ4v) is 5.76. The van der Waals surface area contributed by atoms with Crippen molar-refractivity contribution in [2.24, 2.45) is 5.92 Å². The molecule has 3 atom stereocenters. The Balaban J connectivity index is 1.49. The van der Waals surface area contributed by atoms with Crippen LogP contribution in [0.4, 0.5) is 0 Å². The summed E-state index contributed by atoms with van der Waals surface area (Å²) in [6.45, 7) is 11.2. The minimum atomic E-state index is -0.797. The predicted octanol–water partition coefficient (Wildman–Crippen LogP) is 3.85. The van der Waals surface area contributed by atoms with Crippen molar-refractivity contribution in [3.63, 3.8) is 0 Å². The van der Waals surface area contributed by atoms with Crippen molar-refractivity contribution in [2.75, 3.05) is 26.4 Å². The molecule has 1 aromatic carbocycles. The number of aromatic nitrogens is 2. The van der Waals surface area contributed by atoms with Crippen LogP contribution in [0.2, 0.25) is 0 Å². The number of hydrogen-bond acceptors (Lipinski definition) is 9. The molecule has 1 aliphatic heterocycles. The Labute approximate surface area is 238 Å². The quantitative estimate of drug-likeness (QED) is 0.315. The van der Waals surface area contributed by atoms with Crippen molar-refractivity contribution in [3.8, 4) is 16.2 Å². The first kappa shape index (κ1) is 29.7. The zero-order chi connectivity index (χ0) is 28.8. The van der Waals surface area contributed by atoms with Gasteiger partial charge in [-0.3, -0.25) is 9.59 Å². The minimum absolute atomic E-state index is 0.0848. The maximum Gasteiger partial charge on any atom is 0.243 e. The Morgan fingerprint density at radius 3 is 2.70 bits per heavy atom. The van der Waals surface area contributed by atoms with E-state index >= 15 is 0 Å². The van der Waals surface area contributed by atoms with Gasteiger partial charge in [-0.15, -0.1) is 11.3 Å². The van der Waals surface area contributed by atoms with E-state index in [1.165, 1.54) is 4.90 Å². The number of carbonyl (C=O) groups excluding carboxylic acids is 2. The van der Waals surface area contributed by atoms with Crippen molar-refractivity contribution in [3.05, 3.63) is 52.5 Å². The highest BCUT2D eigenvalue weighted by Crippen LogP contribution is 2.33. The highest BCUT2D eigenvalue weighted by Gasteiger charge is 2.43. The van der Waals surface area contributed by atoms with Crippen LogP contribution in [0.15, 0.2) is 34.3 Å². The SMILES string of the molecule is CCOCCOc1cc(-c2scnc2C)ccc1CNC(=O)[C@@H]1C[C@@H](O)CN1C(=O)C(c1cc(C)no1)C(C)C. The lowest BCUT2D eigenvalue weighted by atomic mass is 9.91. The molecule has 1 fully saturated rings. The van der Waals surface area contributed by atoms with E-state index in [1.807, 2.05) is 51.4 Å². The topological polar surface area (TPSA) is 127 Å². The Morgan fingerprint density at radius 2 is 2.05 bits per heavy atom. The van der Waals surface area contributed by atoms with E-state index in [2.05, 4.69) is 15.5 Å². The Bertz CT molecular complexity index is 1310. The molecule has 2 N–H and O–H groups in total. The molecular formula is C29H38N4O6S. The maximum absolute atomic E-state index is 13.6. The zero-order valence-electron chi connectivity index (χ0n) is 23.7. The number of nitrogens with one attached hydrogen (secondary N) is 1. The normalized spacial score (nSPS) is 17.8. The third kappa shape index (κ3) is 6.89. The van der Waals surface area contributed by atoms with Crippen LogP contribution in [0.1, 0.15) is 55.8 Å². The summed E-state index contributed by atoms with van der Waals surface area (Å²) >= 11 is 1.56. The van der Waals surface area contributed by atoms with E-state index in [0.717, 1.165) is 21.7 Å². The molecule has 4 rings (SSSR count). The fourth-order valence-electron chi connectivity index (χ4n) is 4.96. The standard InChI is InChI=1S/C29H38N4O6S/c1-6-37-9-10-38-24-12-20(27-19(5)31-16-40-27)7-8-21(24)14-30-28(35)23-13-22(34)15-33(23)29(36)26(17(2)3)25-11-18(4)32-39-25/h7-8,11-12,16-17,22-23,26,34H,6,9-10,13-15H2,1-5H3,(H,30,35)/t22-,23+,26?/m1/s1. The largest absolute Gasteiger partial charge is 0.491 e. The number of hydrogen-bond donors (Lipinski definition) is 2. The first-order valence-electron chi connectivity index (χ1n) is 13.6. The highest BCUT2D eigenvalue weighted by atomic mass is 32.1. The number of benzene rings is 1. The lowest BCUT2D eigenvalue weighted by Gasteiger charge is -2.28. The van der Waals surface area contributed by atoms with Gasteiger partial charge in [0.2, 0.25) is 11.8 Å². The molecule has 1 unspecified atom stereocenters. The summed E-state index contributed by atoms with van der Waals surface area (Å²) in [6.07, 6.45) is -0.623. The summed E-state index contributed by atoms with van der Waals surface area (Å²) < 4.78 is 16.9. The van der Waals surface area contributed by atoms with Gasteiger partial charge in [0.05, 0.1) is 34.5 Å². The van der Waals surface area contributed by atoms with Crippen LogP contribution in [-0.4, -0.2) is 70.5 Å². The number of β-amino-alcohol motifs (C(OH)–C–C–N with tert-alkyl or cyclic N) is 1. The van der Waals surface area contributed by atoms with Crippen LogP contribution < -0.4 is 10.1 Å². The van der Waals surface area contributed by atoms with E-state index in [1.54, 1.807) is 24.3 Å². The second-order valence-electron chi connectivity index (χ2n) is 10.3. The van der Waals surface area contributed by atoms with Gasteiger partial charge in [0.15, 0.2) is 0 Å². The van der Waals surface area contributed by atoms with E-state index in [4.69, 9.17) is 14.0 Å². The van der Waals surface area contributed by atoms with Gasteiger partial charge in [-0.2, -0.15) is 0 Å². The molecule has 0 saturated carbocycles. The van der Waals surface area contributed by atoms with Gasteiger partial charge in [-0.1, -0.05) is 31.1 Å². The number of thiazole rings is 1. The van der Waals surface area contributed by atoms with E-state index in [9.17, 15) is 14.7 Å². The summed E-state index contributed by atoms with van der Waals surface area (Å²) in [7, 11) is 0. The lowest BCUT2D eigenvalue weighted by molar-refractivity contribution is -0.141. The highest BCUT2D eigenvalue weighted by molar-refractivity contribution is 7.13. The third-order valence-electron chi connectivity index (χ3n) is 6.97. The van der Waals surface area contributed by atoms with Gasteiger partial charge in [0.1, 0.15) is 30.1 Å². The van der Waals surface area contributed by atoms with Crippen LogP contribution in [0.25, 0.3) is 10.4 Å². The number of aliphatic hydroxyl groups excluding tert-OH is 1. The Morgan fingerprint density at radius 1 is 1.25 bits per heavy atom. The summed E-state index contributed by atoms with van der Waals surface area (Å²) in [5.41, 5.74) is 5.21. The number of ether oxygens (including phenoxy) is 2. The molecule has 0 bridgehead atoms. The molecule has 2 amide bonds. The monoisotopic (exact) mass is 570 g/mol. The van der Waals surface area contributed by atoms with Gasteiger partial charge < -0.3 is 29.3 Å². The predicted molar refractivity (Wildman–Crippen MR) is 151 cm³/mol. The molecule has 0 radical (unpaired) electrons.